The fourth-order valence-electron chi connectivity index (χ4n) is 3.51. The lowest BCUT2D eigenvalue weighted by Gasteiger charge is -2.27. The molecule has 2 heterocycles. The van der Waals surface area contributed by atoms with Gasteiger partial charge < -0.3 is 10.6 Å². The number of amides is 4. The third kappa shape index (κ3) is 3.62. The van der Waals surface area contributed by atoms with Crippen LogP contribution in [-0.4, -0.2) is 54.2 Å². The van der Waals surface area contributed by atoms with E-state index in [0.717, 1.165) is 17.0 Å². The molecule has 8 nitrogen and oxygen atoms in total. The molecule has 146 valence electrons. The molecule has 0 spiro atoms. The molecular formula is C20H22N4O4. The number of hydrogen-bond donors (Lipinski definition) is 2. The maximum absolute atomic E-state index is 12.9. The van der Waals surface area contributed by atoms with Crippen molar-refractivity contribution >= 4 is 29.3 Å². The first-order valence-electron chi connectivity index (χ1n) is 9.22. The molecule has 3 N–H and O–H groups in total. The SMILES string of the molecule is C#CCCN(CCCN)c1ccc2c(c1)C(=O)N(C1CCC(=O)NC1=O)C2=O. The van der Waals surface area contributed by atoms with Crippen LogP contribution in [0.5, 0.6) is 0 Å². The molecule has 1 saturated heterocycles. The highest BCUT2D eigenvalue weighted by Gasteiger charge is 2.44. The molecule has 1 unspecified atom stereocenters. The molecule has 1 aromatic rings. The molecule has 1 atom stereocenters. The summed E-state index contributed by atoms with van der Waals surface area (Å²) < 4.78 is 0. The minimum atomic E-state index is -0.969. The normalized spacial score (nSPS) is 18.7. The molecule has 0 radical (unpaired) electrons. The number of piperidine rings is 1. The van der Waals surface area contributed by atoms with Gasteiger partial charge in [0.25, 0.3) is 11.8 Å². The van der Waals surface area contributed by atoms with Crippen molar-refractivity contribution in [1.82, 2.24) is 10.2 Å². The molecule has 2 aliphatic heterocycles. The minimum absolute atomic E-state index is 0.0913. The van der Waals surface area contributed by atoms with Crippen LogP contribution >= 0.6 is 0 Å². The first kappa shape index (κ1) is 19.6. The predicted octanol–water partition coefficient (Wildman–Crippen LogP) is 0.266. The number of hydrogen-bond acceptors (Lipinski definition) is 6. The van der Waals surface area contributed by atoms with Crippen LogP contribution in [0.15, 0.2) is 18.2 Å². The van der Waals surface area contributed by atoms with Crippen molar-refractivity contribution in [3.63, 3.8) is 0 Å². The van der Waals surface area contributed by atoms with E-state index in [1.165, 1.54) is 0 Å². The minimum Gasteiger partial charge on any atom is -0.371 e. The topological polar surface area (TPSA) is 113 Å². The number of fused-ring (bicyclic) bond motifs is 1. The molecule has 4 amide bonds. The van der Waals surface area contributed by atoms with Crippen LogP contribution in [-0.2, 0) is 9.59 Å². The van der Waals surface area contributed by atoms with Crippen LogP contribution in [0.3, 0.4) is 0 Å². The number of imide groups is 2. The third-order valence-corrected chi connectivity index (χ3v) is 4.95. The molecule has 1 fully saturated rings. The van der Waals surface area contributed by atoms with Gasteiger partial charge in [0, 0.05) is 31.6 Å². The maximum atomic E-state index is 12.9. The van der Waals surface area contributed by atoms with Gasteiger partial charge in [0.15, 0.2) is 0 Å². The third-order valence-electron chi connectivity index (χ3n) is 4.95. The number of nitrogens with one attached hydrogen (secondary N) is 1. The zero-order valence-corrected chi connectivity index (χ0v) is 15.4. The fraction of sp³-hybridized carbons (Fsp3) is 0.400. The number of anilines is 1. The Balaban J connectivity index is 1.87. The van der Waals surface area contributed by atoms with Crippen LogP contribution in [0.1, 0.15) is 46.4 Å². The first-order valence-corrected chi connectivity index (χ1v) is 9.22. The van der Waals surface area contributed by atoms with Crippen LogP contribution < -0.4 is 16.0 Å². The summed E-state index contributed by atoms with van der Waals surface area (Å²) in [7, 11) is 0. The van der Waals surface area contributed by atoms with Crippen LogP contribution in [0.2, 0.25) is 0 Å². The van der Waals surface area contributed by atoms with Gasteiger partial charge in [0.2, 0.25) is 11.8 Å². The van der Waals surface area contributed by atoms with Gasteiger partial charge in [0.05, 0.1) is 11.1 Å². The van der Waals surface area contributed by atoms with Crippen molar-refractivity contribution in [2.24, 2.45) is 5.73 Å². The molecule has 0 bridgehead atoms. The average molecular weight is 382 g/mol. The molecule has 0 aromatic heterocycles. The summed E-state index contributed by atoms with van der Waals surface area (Å²) in [4.78, 5) is 52.1. The summed E-state index contributed by atoms with van der Waals surface area (Å²) in [5, 5.41) is 2.19. The number of carbonyl (C=O) groups is 4. The Labute approximate surface area is 163 Å². The highest BCUT2D eigenvalue weighted by atomic mass is 16.2. The lowest BCUT2D eigenvalue weighted by Crippen LogP contribution is -2.54. The maximum Gasteiger partial charge on any atom is 0.262 e. The van der Waals surface area contributed by atoms with E-state index in [-0.39, 0.29) is 24.0 Å². The Kier molecular flexibility index (Phi) is 5.76. The molecule has 3 rings (SSSR count). The Morgan fingerprint density at radius 2 is 1.93 bits per heavy atom. The van der Waals surface area contributed by atoms with Crippen molar-refractivity contribution in [2.75, 3.05) is 24.5 Å². The van der Waals surface area contributed by atoms with Crippen molar-refractivity contribution in [3.8, 4) is 12.3 Å². The predicted molar refractivity (Wildman–Crippen MR) is 102 cm³/mol. The molecule has 8 heteroatoms. The standard InChI is InChI=1S/C20H22N4O4/c1-2-3-10-23(11-4-9-21)13-5-6-14-15(12-13)20(28)24(19(14)27)16-7-8-17(25)22-18(16)26/h1,5-6,12,16H,3-4,7-11,21H2,(H,22,25,26). The number of benzene rings is 1. The van der Waals surface area contributed by atoms with E-state index < -0.39 is 29.7 Å². The van der Waals surface area contributed by atoms with Crippen molar-refractivity contribution in [2.45, 2.75) is 31.7 Å². The van der Waals surface area contributed by atoms with Gasteiger partial charge in [-0.15, -0.1) is 12.3 Å². The second-order valence-electron chi connectivity index (χ2n) is 6.76. The van der Waals surface area contributed by atoms with Crippen molar-refractivity contribution in [3.05, 3.63) is 29.3 Å². The van der Waals surface area contributed by atoms with Gasteiger partial charge in [0.1, 0.15) is 6.04 Å². The van der Waals surface area contributed by atoms with Gasteiger partial charge in [-0.25, -0.2) is 0 Å². The Morgan fingerprint density at radius 3 is 2.61 bits per heavy atom. The van der Waals surface area contributed by atoms with Crippen LogP contribution in [0.4, 0.5) is 5.69 Å². The monoisotopic (exact) mass is 382 g/mol. The largest absolute Gasteiger partial charge is 0.371 e. The number of rotatable bonds is 7. The van der Waals surface area contributed by atoms with E-state index in [2.05, 4.69) is 11.2 Å². The molecule has 1 aromatic carbocycles. The highest BCUT2D eigenvalue weighted by Crippen LogP contribution is 2.30. The number of nitrogens with zero attached hydrogens (tertiary/aromatic N) is 2. The number of nitrogens with two attached hydrogens (primary N) is 1. The lowest BCUT2D eigenvalue weighted by atomic mass is 10.0. The Hall–Kier alpha value is -3.18. The van der Waals surface area contributed by atoms with Gasteiger partial charge >= 0.3 is 0 Å². The number of terminal acetylenes is 1. The zero-order chi connectivity index (χ0) is 20.3. The smallest absolute Gasteiger partial charge is 0.262 e. The second-order valence-corrected chi connectivity index (χ2v) is 6.76. The molecule has 0 saturated carbocycles. The van der Waals surface area contributed by atoms with Crippen LogP contribution in [0, 0.1) is 12.3 Å². The molecule has 0 aliphatic carbocycles. The fourth-order valence-corrected chi connectivity index (χ4v) is 3.51. The summed E-state index contributed by atoms with van der Waals surface area (Å²) in [6.45, 7) is 1.81. The molecule has 2 aliphatic rings. The van der Waals surface area contributed by atoms with E-state index in [1.807, 2.05) is 4.90 Å². The first-order chi connectivity index (χ1) is 13.5. The highest BCUT2D eigenvalue weighted by molar-refractivity contribution is 6.23. The van der Waals surface area contributed by atoms with Crippen molar-refractivity contribution in [1.29, 1.82) is 0 Å². The quantitative estimate of drug-likeness (QED) is 0.517. The molecular weight excluding hydrogens is 360 g/mol. The van der Waals surface area contributed by atoms with E-state index >= 15 is 0 Å². The second kappa shape index (κ2) is 8.23. The molecule has 28 heavy (non-hydrogen) atoms. The van der Waals surface area contributed by atoms with Crippen LogP contribution in [0.25, 0.3) is 0 Å². The summed E-state index contributed by atoms with van der Waals surface area (Å²) in [5.74, 6) is 0.540. The summed E-state index contributed by atoms with van der Waals surface area (Å²) in [6.07, 6.45) is 6.89. The Morgan fingerprint density at radius 1 is 1.18 bits per heavy atom. The summed E-state index contributed by atoms with van der Waals surface area (Å²) >= 11 is 0. The van der Waals surface area contributed by atoms with E-state index in [4.69, 9.17) is 12.2 Å². The summed E-state index contributed by atoms with van der Waals surface area (Å²) in [5.41, 5.74) is 6.89. The van der Waals surface area contributed by atoms with Gasteiger partial charge in [-0.3, -0.25) is 29.4 Å². The van der Waals surface area contributed by atoms with E-state index in [1.54, 1.807) is 18.2 Å². The summed E-state index contributed by atoms with van der Waals surface area (Å²) in [6, 6.07) is 4.06. The number of carbonyl (C=O) groups excluding carboxylic acids is 4. The van der Waals surface area contributed by atoms with E-state index in [9.17, 15) is 19.2 Å². The van der Waals surface area contributed by atoms with Gasteiger partial charge in [-0.2, -0.15) is 0 Å². The average Bonchev–Trinajstić information content (AvgIpc) is 2.92. The van der Waals surface area contributed by atoms with Gasteiger partial charge in [-0.1, -0.05) is 0 Å². The van der Waals surface area contributed by atoms with Gasteiger partial charge in [-0.05, 0) is 37.6 Å². The van der Waals surface area contributed by atoms with Crippen molar-refractivity contribution < 1.29 is 19.2 Å². The Bertz CT molecular complexity index is 873. The lowest BCUT2D eigenvalue weighted by molar-refractivity contribution is -0.136. The zero-order valence-electron chi connectivity index (χ0n) is 15.4. The van der Waals surface area contributed by atoms with E-state index in [0.29, 0.717) is 26.1 Å².